The van der Waals surface area contributed by atoms with Crippen LogP contribution in [-0.4, -0.2) is 25.7 Å². The minimum absolute atomic E-state index is 0.0681. The fraction of sp³-hybridized carbons (Fsp3) is 0.176. The van der Waals surface area contributed by atoms with Crippen molar-refractivity contribution in [1.82, 2.24) is 0 Å². The molecule has 1 heterocycles. The average molecular weight is 363 g/mol. The van der Waals surface area contributed by atoms with E-state index in [0.717, 1.165) is 0 Å². The number of benzene rings is 2. The summed E-state index contributed by atoms with van der Waals surface area (Å²) in [5, 5.41) is 5.69. The summed E-state index contributed by atoms with van der Waals surface area (Å²) in [5.41, 5.74) is 1.27. The smallest absolute Gasteiger partial charge is 0.255 e. The minimum Gasteiger partial charge on any atom is -0.495 e. The Kier molecular flexibility index (Phi) is 4.67. The third-order valence-corrected chi connectivity index (χ3v) is 3.74. The Bertz CT molecular complexity index is 853. The molecule has 130 valence electrons. The summed E-state index contributed by atoms with van der Waals surface area (Å²) >= 11 is 6.09. The van der Waals surface area contributed by atoms with E-state index in [-0.39, 0.29) is 18.6 Å². The second-order valence-electron chi connectivity index (χ2n) is 5.24. The van der Waals surface area contributed by atoms with E-state index in [2.05, 4.69) is 10.6 Å². The number of amides is 2. The Labute approximate surface area is 148 Å². The van der Waals surface area contributed by atoms with Crippen LogP contribution < -0.4 is 24.8 Å². The van der Waals surface area contributed by atoms with Crippen molar-refractivity contribution in [2.45, 2.75) is 6.92 Å². The lowest BCUT2D eigenvalue weighted by atomic mass is 10.1. The van der Waals surface area contributed by atoms with Gasteiger partial charge in [-0.25, -0.2) is 0 Å². The normalized spacial score (nSPS) is 11.8. The molecule has 0 radical (unpaired) electrons. The van der Waals surface area contributed by atoms with Gasteiger partial charge in [0.25, 0.3) is 5.91 Å². The maximum absolute atomic E-state index is 12.5. The maximum Gasteiger partial charge on any atom is 0.255 e. The minimum atomic E-state index is -0.376. The molecule has 1 aliphatic heterocycles. The lowest BCUT2D eigenvalue weighted by molar-refractivity contribution is -0.114. The van der Waals surface area contributed by atoms with Crippen molar-refractivity contribution in [1.29, 1.82) is 0 Å². The Morgan fingerprint density at radius 3 is 2.68 bits per heavy atom. The highest BCUT2D eigenvalue weighted by Crippen LogP contribution is 2.40. The Hall–Kier alpha value is -2.93. The zero-order valence-corrected chi connectivity index (χ0v) is 14.3. The van der Waals surface area contributed by atoms with Crippen LogP contribution in [0, 0.1) is 0 Å². The lowest BCUT2D eigenvalue weighted by Crippen LogP contribution is -2.13. The van der Waals surface area contributed by atoms with Gasteiger partial charge >= 0.3 is 0 Å². The summed E-state index contributed by atoms with van der Waals surface area (Å²) in [5.74, 6) is 0.713. The molecule has 3 rings (SSSR count). The molecule has 0 unspecified atom stereocenters. The molecule has 0 fully saturated rings. The van der Waals surface area contributed by atoms with Gasteiger partial charge in [0.2, 0.25) is 12.7 Å². The number of nitrogens with one attached hydrogen (secondary N) is 2. The predicted octanol–water partition coefficient (Wildman–Crippen LogP) is 3.29. The average Bonchev–Trinajstić information content (AvgIpc) is 3.03. The summed E-state index contributed by atoms with van der Waals surface area (Å²) in [4.78, 5) is 23.8. The Balaban J connectivity index is 1.83. The molecule has 7 nitrogen and oxygen atoms in total. The van der Waals surface area contributed by atoms with Crippen molar-refractivity contribution in [3.05, 3.63) is 40.9 Å². The van der Waals surface area contributed by atoms with E-state index in [4.69, 9.17) is 25.8 Å². The molecule has 25 heavy (non-hydrogen) atoms. The first-order chi connectivity index (χ1) is 12.0. The van der Waals surface area contributed by atoms with E-state index in [1.54, 1.807) is 24.3 Å². The summed E-state index contributed by atoms with van der Waals surface area (Å²) in [6.07, 6.45) is 0. The zero-order valence-electron chi connectivity index (χ0n) is 13.5. The van der Waals surface area contributed by atoms with Gasteiger partial charge in [-0.2, -0.15) is 0 Å². The molecule has 8 heteroatoms. The number of anilines is 2. The Morgan fingerprint density at radius 1 is 1.16 bits per heavy atom. The number of halogens is 1. The standard InChI is InChI=1S/C17H15ClN2O5/c1-9(21)19-13-7-11(3-4-14(13)23-2)20-17(22)10-5-12(18)16-15(6-10)24-8-25-16/h3-7H,8H2,1-2H3,(H,19,21)(H,20,22). The molecule has 0 spiro atoms. The second kappa shape index (κ2) is 6.90. The molecule has 0 aliphatic carbocycles. The first-order valence-electron chi connectivity index (χ1n) is 7.34. The number of methoxy groups -OCH3 is 1. The Morgan fingerprint density at radius 2 is 1.96 bits per heavy atom. The van der Waals surface area contributed by atoms with Crippen LogP contribution in [0.2, 0.25) is 5.02 Å². The molecule has 0 bridgehead atoms. The molecule has 0 saturated carbocycles. The van der Waals surface area contributed by atoms with Crippen molar-refractivity contribution in [3.63, 3.8) is 0 Å². The van der Waals surface area contributed by atoms with Crippen LogP contribution in [0.1, 0.15) is 17.3 Å². The molecule has 2 amide bonds. The van der Waals surface area contributed by atoms with Crippen LogP contribution >= 0.6 is 11.6 Å². The van der Waals surface area contributed by atoms with E-state index in [9.17, 15) is 9.59 Å². The lowest BCUT2D eigenvalue weighted by Gasteiger charge is -2.12. The largest absolute Gasteiger partial charge is 0.495 e. The molecule has 2 aromatic rings. The van der Waals surface area contributed by atoms with Gasteiger partial charge in [0.1, 0.15) is 5.75 Å². The maximum atomic E-state index is 12.5. The van der Waals surface area contributed by atoms with Crippen LogP contribution in [0.4, 0.5) is 11.4 Å². The van der Waals surface area contributed by atoms with E-state index < -0.39 is 0 Å². The van der Waals surface area contributed by atoms with E-state index >= 15 is 0 Å². The number of carbonyl (C=O) groups is 2. The highest BCUT2D eigenvalue weighted by Gasteiger charge is 2.21. The zero-order chi connectivity index (χ0) is 18.0. The van der Waals surface area contributed by atoms with Crippen LogP contribution in [-0.2, 0) is 4.79 Å². The fourth-order valence-corrected chi connectivity index (χ4v) is 2.64. The molecular formula is C17H15ClN2O5. The molecule has 0 atom stereocenters. The molecular weight excluding hydrogens is 348 g/mol. The van der Waals surface area contributed by atoms with Gasteiger partial charge in [-0.3, -0.25) is 9.59 Å². The number of rotatable bonds is 4. The summed E-state index contributed by atoms with van der Waals surface area (Å²) in [7, 11) is 1.49. The van der Waals surface area contributed by atoms with Gasteiger partial charge in [0.05, 0.1) is 17.8 Å². The second-order valence-corrected chi connectivity index (χ2v) is 5.65. The van der Waals surface area contributed by atoms with Crippen LogP contribution in [0.5, 0.6) is 17.2 Å². The van der Waals surface area contributed by atoms with Crippen molar-refractivity contribution in [3.8, 4) is 17.2 Å². The van der Waals surface area contributed by atoms with E-state index in [1.165, 1.54) is 20.1 Å². The number of fused-ring (bicyclic) bond motifs is 1. The van der Waals surface area contributed by atoms with Gasteiger partial charge in [-0.15, -0.1) is 0 Å². The SMILES string of the molecule is COc1ccc(NC(=O)c2cc(Cl)c3c(c2)OCO3)cc1NC(C)=O. The molecule has 1 aliphatic rings. The topological polar surface area (TPSA) is 85.9 Å². The van der Waals surface area contributed by atoms with Gasteiger partial charge in [0, 0.05) is 18.2 Å². The van der Waals surface area contributed by atoms with Crippen LogP contribution in [0.15, 0.2) is 30.3 Å². The predicted molar refractivity (Wildman–Crippen MR) is 92.8 cm³/mol. The number of ether oxygens (including phenoxy) is 3. The van der Waals surface area contributed by atoms with Gasteiger partial charge < -0.3 is 24.8 Å². The van der Waals surface area contributed by atoms with Crippen molar-refractivity contribution in [2.24, 2.45) is 0 Å². The molecule has 2 N–H and O–H groups in total. The van der Waals surface area contributed by atoms with E-state index in [0.29, 0.717) is 39.2 Å². The first kappa shape index (κ1) is 16.9. The highest BCUT2D eigenvalue weighted by molar-refractivity contribution is 6.32. The van der Waals surface area contributed by atoms with Crippen LogP contribution in [0.25, 0.3) is 0 Å². The summed E-state index contributed by atoms with van der Waals surface area (Å²) in [6, 6.07) is 7.97. The number of hydrogen-bond donors (Lipinski definition) is 2. The fourth-order valence-electron chi connectivity index (χ4n) is 2.37. The highest BCUT2D eigenvalue weighted by atomic mass is 35.5. The van der Waals surface area contributed by atoms with Crippen LogP contribution in [0.3, 0.4) is 0 Å². The van der Waals surface area contributed by atoms with Gasteiger partial charge in [0.15, 0.2) is 11.5 Å². The summed E-state index contributed by atoms with van der Waals surface area (Å²) in [6.45, 7) is 1.46. The van der Waals surface area contributed by atoms with Gasteiger partial charge in [-0.1, -0.05) is 11.6 Å². The summed E-state index contributed by atoms with van der Waals surface area (Å²) < 4.78 is 15.7. The number of hydrogen-bond acceptors (Lipinski definition) is 5. The molecule has 0 aromatic heterocycles. The monoisotopic (exact) mass is 362 g/mol. The van der Waals surface area contributed by atoms with E-state index in [1.807, 2.05) is 0 Å². The third kappa shape index (κ3) is 3.61. The number of carbonyl (C=O) groups excluding carboxylic acids is 2. The van der Waals surface area contributed by atoms with Gasteiger partial charge in [-0.05, 0) is 30.3 Å². The van der Waals surface area contributed by atoms with Crippen molar-refractivity contribution < 1.29 is 23.8 Å². The molecule has 2 aromatic carbocycles. The quantitative estimate of drug-likeness (QED) is 0.871. The molecule has 0 saturated heterocycles. The first-order valence-corrected chi connectivity index (χ1v) is 7.72. The van der Waals surface area contributed by atoms with Crippen molar-refractivity contribution >= 4 is 34.8 Å². The van der Waals surface area contributed by atoms with Crippen molar-refractivity contribution in [2.75, 3.05) is 24.5 Å². The third-order valence-electron chi connectivity index (χ3n) is 3.46.